The predicted octanol–water partition coefficient (Wildman–Crippen LogP) is 5.97. The molecular weight excluding hydrogens is 588 g/mol. The second kappa shape index (κ2) is 12.0. The summed E-state index contributed by atoms with van der Waals surface area (Å²) in [5.41, 5.74) is 0.911. The normalized spacial score (nSPS) is 13.6. The van der Waals surface area contributed by atoms with E-state index in [2.05, 4.69) is 0 Å². The van der Waals surface area contributed by atoms with Gasteiger partial charge >= 0.3 is 18.2 Å². The van der Waals surface area contributed by atoms with E-state index in [0.29, 0.717) is 58.5 Å². The number of hydrogen-bond acceptors (Lipinski definition) is 7. The van der Waals surface area contributed by atoms with Crippen LogP contribution in [0.5, 0.6) is 0 Å². The molecule has 1 aliphatic rings. The van der Waals surface area contributed by atoms with E-state index < -0.39 is 29.4 Å². The number of carbonyl (C=O) groups is 4. The Labute approximate surface area is 261 Å². The molecule has 1 aromatic carbocycles. The lowest BCUT2D eigenvalue weighted by atomic mass is 10.2. The van der Waals surface area contributed by atoms with E-state index in [1.807, 2.05) is 45.4 Å². The highest BCUT2D eigenvalue weighted by Gasteiger charge is 2.31. The van der Waals surface area contributed by atoms with E-state index in [4.69, 9.17) is 26.1 Å². The molecule has 3 heterocycles. The number of halogens is 1. The van der Waals surface area contributed by atoms with E-state index in [-0.39, 0.29) is 6.54 Å². The third-order valence-electron chi connectivity index (χ3n) is 6.97. The van der Waals surface area contributed by atoms with Gasteiger partial charge in [-0.15, -0.1) is 0 Å². The maximum Gasteiger partial charge on any atom is 0.419 e. The molecule has 0 radical (unpaired) electrons. The first-order chi connectivity index (χ1) is 20.4. The summed E-state index contributed by atoms with van der Waals surface area (Å²) in [5.74, 6) is 0.923. The summed E-state index contributed by atoms with van der Waals surface area (Å²) in [6.45, 7) is 12.9. The molecule has 0 atom stereocenters. The number of imidazole rings is 1. The monoisotopic (exact) mass is 626 g/mol. The topological polar surface area (TPSA) is 119 Å². The molecule has 0 bridgehead atoms. The van der Waals surface area contributed by atoms with Crippen LogP contribution in [-0.2, 0) is 27.9 Å². The largest absolute Gasteiger partial charge is 0.444 e. The van der Waals surface area contributed by atoms with Crippen molar-refractivity contribution < 1.29 is 28.7 Å². The zero-order chi connectivity index (χ0) is 32.7. The van der Waals surface area contributed by atoms with Crippen LogP contribution in [-0.4, -0.2) is 79.9 Å². The van der Waals surface area contributed by atoms with Crippen LogP contribution in [0.4, 0.5) is 20.2 Å². The summed E-state index contributed by atoms with van der Waals surface area (Å²) in [7, 11) is 3.34. The molecule has 4 rings (SSSR count). The maximum atomic E-state index is 13.7. The molecule has 0 N–H and O–H groups in total. The van der Waals surface area contributed by atoms with Gasteiger partial charge in [-0.25, -0.2) is 23.9 Å². The highest BCUT2D eigenvalue weighted by Crippen LogP contribution is 2.30. The minimum atomic E-state index is -0.781. The summed E-state index contributed by atoms with van der Waals surface area (Å²) in [6.07, 6.45) is 1.23. The van der Waals surface area contributed by atoms with Gasteiger partial charge in [-0.1, -0.05) is 23.7 Å². The number of fused-ring (bicyclic) bond motifs is 1. The van der Waals surface area contributed by atoms with E-state index in [9.17, 15) is 19.2 Å². The third kappa shape index (κ3) is 6.75. The van der Waals surface area contributed by atoms with Gasteiger partial charge in [0.2, 0.25) is 6.41 Å². The molecule has 44 heavy (non-hydrogen) atoms. The van der Waals surface area contributed by atoms with Gasteiger partial charge in [-0.2, -0.15) is 0 Å². The van der Waals surface area contributed by atoms with Crippen molar-refractivity contribution in [2.24, 2.45) is 7.05 Å². The molecule has 4 amide bonds. The van der Waals surface area contributed by atoms with Crippen molar-refractivity contribution in [1.82, 2.24) is 23.9 Å². The van der Waals surface area contributed by atoms with Gasteiger partial charge in [-0.05, 0) is 66.7 Å². The standard InChI is InChI=1S/C31H39ClN6O6/c1-19-25(33-26(34(19)8)20-13-14-36(16-20)28(41)43-30(2,3)4)35(9)27(40)37(18-39)17-21-15-22-23(32)11-10-12-24(22)38(21)29(42)44-31(5,6)7/h10-13,15,18H,14,16-17H2,1-9H3. The van der Waals surface area contributed by atoms with Crippen molar-refractivity contribution in [3.8, 4) is 0 Å². The van der Waals surface area contributed by atoms with Gasteiger partial charge in [0, 0.05) is 36.6 Å². The van der Waals surface area contributed by atoms with E-state index >= 15 is 0 Å². The molecule has 3 aromatic rings. The Balaban J connectivity index is 1.59. The van der Waals surface area contributed by atoms with Crippen molar-refractivity contribution in [2.45, 2.75) is 66.2 Å². The molecule has 1 aliphatic heterocycles. The summed E-state index contributed by atoms with van der Waals surface area (Å²) < 4.78 is 14.3. The molecule has 0 unspecified atom stereocenters. The third-order valence-corrected chi connectivity index (χ3v) is 7.30. The lowest BCUT2D eigenvalue weighted by Crippen LogP contribution is -2.41. The fourth-order valence-electron chi connectivity index (χ4n) is 4.85. The number of hydrogen-bond donors (Lipinski definition) is 0. The number of carbonyl (C=O) groups excluding carboxylic acids is 4. The molecule has 12 nitrogen and oxygen atoms in total. The Morgan fingerprint density at radius 2 is 1.70 bits per heavy atom. The quantitative estimate of drug-likeness (QED) is 0.320. The molecule has 0 aliphatic carbocycles. The van der Waals surface area contributed by atoms with Gasteiger partial charge < -0.3 is 18.9 Å². The second-order valence-corrected chi connectivity index (χ2v) is 13.1. The number of amides is 4. The molecule has 13 heteroatoms. The number of anilines is 1. The van der Waals surface area contributed by atoms with E-state index in [1.54, 1.807) is 49.9 Å². The first kappa shape index (κ1) is 32.6. The lowest BCUT2D eigenvalue weighted by molar-refractivity contribution is -0.116. The SMILES string of the molecule is Cc1c(N(C)C(=O)N(C=O)Cc2cc3c(Cl)cccc3n2C(=O)OC(C)(C)C)nc(C2=CCN(C(=O)OC(C)(C)C)C2)n1C. The lowest BCUT2D eigenvalue weighted by Gasteiger charge is -2.24. The van der Waals surface area contributed by atoms with Gasteiger partial charge in [0.1, 0.15) is 17.0 Å². The fourth-order valence-corrected chi connectivity index (χ4v) is 5.07. The highest BCUT2D eigenvalue weighted by molar-refractivity contribution is 6.35. The van der Waals surface area contributed by atoms with E-state index in [0.717, 1.165) is 10.5 Å². The van der Waals surface area contributed by atoms with Crippen LogP contribution in [0.25, 0.3) is 16.5 Å². The van der Waals surface area contributed by atoms with Crippen LogP contribution in [0.15, 0.2) is 30.3 Å². The van der Waals surface area contributed by atoms with Crippen molar-refractivity contribution in [1.29, 1.82) is 0 Å². The van der Waals surface area contributed by atoms with Crippen molar-refractivity contribution >= 4 is 58.5 Å². The van der Waals surface area contributed by atoms with Crippen LogP contribution >= 0.6 is 11.6 Å². The number of aromatic nitrogens is 3. The van der Waals surface area contributed by atoms with Crippen molar-refractivity contribution in [3.63, 3.8) is 0 Å². The molecule has 0 spiro atoms. The van der Waals surface area contributed by atoms with E-state index in [1.165, 1.54) is 16.5 Å². The van der Waals surface area contributed by atoms with Gasteiger partial charge in [0.05, 0.1) is 30.0 Å². The summed E-state index contributed by atoms with van der Waals surface area (Å²) in [5, 5.41) is 0.993. The number of urea groups is 1. The number of nitrogens with zero attached hydrogens (tertiary/aromatic N) is 6. The van der Waals surface area contributed by atoms with Crippen molar-refractivity contribution in [3.05, 3.63) is 52.6 Å². The van der Waals surface area contributed by atoms with Crippen LogP contribution in [0.1, 0.15) is 58.8 Å². The Hall–Kier alpha value is -4.32. The number of benzene rings is 1. The first-order valence-corrected chi connectivity index (χ1v) is 14.5. The average Bonchev–Trinajstić information content (AvgIpc) is 3.61. The molecule has 0 saturated carbocycles. The maximum absolute atomic E-state index is 13.7. The number of rotatable bonds is 5. The van der Waals surface area contributed by atoms with Gasteiger partial charge in [-0.3, -0.25) is 14.6 Å². The van der Waals surface area contributed by atoms with Crippen LogP contribution < -0.4 is 4.90 Å². The van der Waals surface area contributed by atoms with Crippen LogP contribution in [0, 0.1) is 6.92 Å². The Bertz CT molecular complexity index is 1660. The minimum Gasteiger partial charge on any atom is -0.444 e. The van der Waals surface area contributed by atoms with Crippen LogP contribution in [0.3, 0.4) is 0 Å². The zero-order valence-electron chi connectivity index (χ0n) is 26.6. The average molecular weight is 627 g/mol. The van der Waals surface area contributed by atoms with Crippen molar-refractivity contribution in [2.75, 3.05) is 25.0 Å². The fraction of sp³-hybridized carbons (Fsp3) is 0.452. The Morgan fingerprint density at radius 3 is 2.32 bits per heavy atom. The Morgan fingerprint density at radius 1 is 1.07 bits per heavy atom. The second-order valence-electron chi connectivity index (χ2n) is 12.7. The smallest absolute Gasteiger partial charge is 0.419 e. The molecule has 0 fully saturated rings. The van der Waals surface area contributed by atoms with Gasteiger partial charge in [0.25, 0.3) is 0 Å². The molecule has 236 valence electrons. The summed E-state index contributed by atoms with van der Waals surface area (Å²) in [4.78, 5) is 60.3. The number of ether oxygens (including phenoxy) is 2. The van der Waals surface area contributed by atoms with Crippen LogP contribution in [0.2, 0.25) is 5.02 Å². The minimum absolute atomic E-state index is 0.230. The zero-order valence-corrected chi connectivity index (χ0v) is 27.4. The number of imide groups is 1. The summed E-state index contributed by atoms with van der Waals surface area (Å²) in [6, 6.07) is 6.12. The Kier molecular flexibility index (Phi) is 8.88. The highest BCUT2D eigenvalue weighted by atomic mass is 35.5. The molecule has 2 aromatic heterocycles. The van der Waals surface area contributed by atoms with Gasteiger partial charge in [0.15, 0.2) is 5.82 Å². The summed E-state index contributed by atoms with van der Waals surface area (Å²) >= 11 is 6.42. The molecule has 0 saturated heterocycles. The first-order valence-electron chi connectivity index (χ1n) is 14.1. The predicted molar refractivity (Wildman–Crippen MR) is 168 cm³/mol. The molecular formula is C31H39ClN6O6.